The van der Waals surface area contributed by atoms with Gasteiger partial charge in [-0.15, -0.1) is 0 Å². The van der Waals surface area contributed by atoms with Crippen LogP contribution in [0.5, 0.6) is 0 Å². The Bertz CT molecular complexity index is 475. The van der Waals surface area contributed by atoms with Crippen molar-refractivity contribution >= 4 is 16.8 Å². The van der Waals surface area contributed by atoms with Crippen molar-refractivity contribution < 1.29 is 4.21 Å². The van der Waals surface area contributed by atoms with Crippen LogP contribution in [0.1, 0.15) is 72.1 Å². The van der Waals surface area contributed by atoms with Crippen LogP contribution >= 0.6 is 0 Å². The summed E-state index contributed by atoms with van der Waals surface area (Å²) < 4.78 is 12.0. The summed E-state index contributed by atoms with van der Waals surface area (Å²) in [5.41, 5.74) is 0.296. The maximum Gasteiger partial charge on any atom is 0.191 e. The highest BCUT2D eigenvalue weighted by atomic mass is 32.2. The smallest absolute Gasteiger partial charge is 0.191 e. The summed E-state index contributed by atoms with van der Waals surface area (Å²) >= 11 is 0. The molecule has 0 bridgehead atoms. The van der Waals surface area contributed by atoms with E-state index in [-0.39, 0.29) is 4.75 Å². The van der Waals surface area contributed by atoms with Gasteiger partial charge >= 0.3 is 0 Å². The summed E-state index contributed by atoms with van der Waals surface area (Å²) in [6, 6.07) is 0. The van der Waals surface area contributed by atoms with Gasteiger partial charge in [0.25, 0.3) is 0 Å². The van der Waals surface area contributed by atoms with E-state index in [1.165, 1.54) is 64.5 Å². The standard InChI is InChI=1S/C20H40N4OS/c1-19(2,3)26(25)16-13-22-18(21-4)23-17-20(11-7-5-8-12-20)24-14-9-6-10-15-24/h5-17H2,1-4H3,(H2,21,22,23). The normalized spacial score (nSPS) is 23.5. The highest BCUT2D eigenvalue weighted by Crippen LogP contribution is 2.35. The summed E-state index contributed by atoms with van der Waals surface area (Å²) in [5.74, 6) is 1.50. The average Bonchev–Trinajstić information content (AvgIpc) is 2.65. The number of aliphatic imine (C=N–C) groups is 1. The molecule has 1 heterocycles. The van der Waals surface area contributed by atoms with Gasteiger partial charge in [0, 0.05) is 47.0 Å². The fourth-order valence-electron chi connectivity index (χ4n) is 4.22. The molecule has 0 amide bonds. The summed E-state index contributed by atoms with van der Waals surface area (Å²) in [4.78, 5) is 7.14. The lowest BCUT2D eigenvalue weighted by atomic mass is 9.79. The molecule has 0 aromatic carbocycles. The minimum Gasteiger partial charge on any atom is -0.355 e. The molecular weight excluding hydrogens is 344 g/mol. The zero-order valence-electron chi connectivity index (χ0n) is 17.4. The van der Waals surface area contributed by atoms with E-state index >= 15 is 0 Å². The molecule has 1 saturated heterocycles. The quantitative estimate of drug-likeness (QED) is 0.546. The van der Waals surface area contributed by atoms with E-state index in [0.717, 1.165) is 12.5 Å². The SMILES string of the molecule is CN=C(NCCS(=O)C(C)(C)C)NCC1(N2CCCCC2)CCCCC1. The van der Waals surface area contributed by atoms with Crippen molar-refractivity contribution in [2.24, 2.45) is 4.99 Å². The monoisotopic (exact) mass is 384 g/mol. The third-order valence-corrected chi connectivity index (χ3v) is 7.82. The van der Waals surface area contributed by atoms with Crippen molar-refractivity contribution in [1.29, 1.82) is 0 Å². The van der Waals surface area contributed by atoms with Gasteiger partial charge in [-0.2, -0.15) is 0 Å². The van der Waals surface area contributed by atoms with Crippen LogP contribution in [0, 0.1) is 0 Å². The molecule has 0 radical (unpaired) electrons. The van der Waals surface area contributed by atoms with E-state index in [4.69, 9.17) is 0 Å². The molecule has 6 heteroatoms. The Labute approximate surface area is 163 Å². The van der Waals surface area contributed by atoms with Gasteiger partial charge in [0.15, 0.2) is 5.96 Å². The Morgan fingerprint density at radius 1 is 1.04 bits per heavy atom. The highest BCUT2D eigenvalue weighted by molar-refractivity contribution is 7.86. The van der Waals surface area contributed by atoms with Gasteiger partial charge in [0.05, 0.1) is 0 Å². The van der Waals surface area contributed by atoms with Crippen LogP contribution in [0.3, 0.4) is 0 Å². The molecular formula is C20H40N4OS. The first-order valence-corrected chi connectivity index (χ1v) is 11.8. The van der Waals surface area contributed by atoms with Gasteiger partial charge < -0.3 is 10.6 Å². The molecule has 0 aromatic heterocycles. The first kappa shape index (κ1) is 21.7. The van der Waals surface area contributed by atoms with Gasteiger partial charge in [0.1, 0.15) is 0 Å². The summed E-state index contributed by atoms with van der Waals surface area (Å²) in [5, 5.41) is 6.95. The van der Waals surface area contributed by atoms with Gasteiger partial charge in [-0.3, -0.25) is 14.1 Å². The molecule has 1 atom stereocenters. The van der Waals surface area contributed by atoms with Crippen LogP contribution in [0.25, 0.3) is 0 Å². The predicted octanol–water partition coefficient (Wildman–Crippen LogP) is 2.89. The predicted molar refractivity (Wildman–Crippen MR) is 113 cm³/mol. The van der Waals surface area contributed by atoms with Crippen LogP contribution in [0.15, 0.2) is 4.99 Å². The Morgan fingerprint density at radius 3 is 2.23 bits per heavy atom. The second-order valence-corrected chi connectivity index (χ2v) is 11.2. The van der Waals surface area contributed by atoms with E-state index in [1.807, 2.05) is 27.8 Å². The molecule has 2 N–H and O–H groups in total. The number of nitrogens with one attached hydrogen (secondary N) is 2. The lowest BCUT2D eigenvalue weighted by Crippen LogP contribution is -2.59. The molecule has 1 aliphatic heterocycles. The van der Waals surface area contributed by atoms with Gasteiger partial charge in [-0.1, -0.05) is 25.7 Å². The second kappa shape index (κ2) is 10.1. The van der Waals surface area contributed by atoms with Crippen molar-refractivity contribution in [2.75, 3.05) is 39.0 Å². The molecule has 2 fully saturated rings. The number of hydrogen-bond donors (Lipinski definition) is 2. The number of likely N-dealkylation sites (tertiary alicyclic amines) is 1. The number of piperidine rings is 1. The Balaban J connectivity index is 1.86. The largest absolute Gasteiger partial charge is 0.355 e. The van der Waals surface area contributed by atoms with Crippen LogP contribution in [-0.2, 0) is 10.8 Å². The topological polar surface area (TPSA) is 56.7 Å². The Hall–Kier alpha value is -0.620. The molecule has 0 spiro atoms. The maximum absolute atomic E-state index is 12.2. The van der Waals surface area contributed by atoms with Crippen molar-refractivity contribution in [3.8, 4) is 0 Å². The van der Waals surface area contributed by atoms with Crippen molar-refractivity contribution in [3.63, 3.8) is 0 Å². The lowest BCUT2D eigenvalue weighted by molar-refractivity contribution is 0.0368. The summed E-state index contributed by atoms with van der Waals surface area (Å²) in [7, 11) is 0.994. The number of rotatable bonds is 6. The van der Waals surface area contributed by atoms with E-state index in [2.05, 4.69) is 20.5 Å². The number of nitrogens with zero attached hydrogens (tertiary/aromatic N) is 2. The Kier molecular flexibility index (Phi) is 8.40. The van der Waals surface area contributed by atoms with Crippen molar-refractivity contribution in [1.82, 2.24) is 15.5 Å². The highest BCUT2D eigenvalue weighted by Gasteiger charge is 2.38. The first-order chi connectivity index (χ1) is 12.4. The second-order valence-electron chi connectivity index (χ2n) is 8.85. The fourth-order valence-corrected chi connectivity index (χ4v) is 5.12. The maximum atomic E-state index is 12.2. The van der Waals surface area contributed by atoms with Crippen LogP contribution in [0.2, 0.25) is 0 Å². The molecule has 5 nitrogen and oxygen atoms in total. The van der Waals surface area contributed by atoms with E-state index in [0.29, 0.717) is 17.8 Å². The Morgan fingerprint density at radius 2 is 1.65 bits per heavy atom. The molecule has 2 rings (SSSR count). The molecule has 1 saturated carbocycles. The summed E-state index contributed by atoms with van der Waals surface area (Å²) in [6.07, 6.45) is 10.7. The van der Waals surface area contributed by atoms with E-state index < -0.39 is 10.8 Å². The van der Waals surface area contributed by atoms with Crippen LogP contribution in [0.4, 0.5) is 0 Å². The van der Waals surface area contributed by atoms with Gasteiger partial charge in [-0.05, 0) is 59.5 Å². The molecule has 26 heavy (non-hydrogen) atoms. The zero-order chi connectivity index (χ0) is 19.0. The number of hydrogen-bond acceptors (Lipinski definition) is 3. The summed E-state index contributed by atoms with van der Waals surface area (Å²) in [6.45, 7) is 10.2. The minimum atomic E-state index is -0.830. The molecule has 152 valence electrons. The van der Waals surface area contributed by atoms with Crippen molar-refractivity contribution in [3.05, 3.63) is 0 Å². The lowest BCUT2D eigenvalue weighted by Gasteiger charge is -2.48. The average molecular weight is 385 g/mol. The molecule has 1 unspecified atom stereocenters. The van der Waals surface area contributed by atoms with Crippen molar-refractivity contribution in [2.45, 2.75) is 82.4 Å². The fraction of sp³-hybridized carbons (Fsp3) is 0.950. The number of guanidine groups is 1. The molecule has 1 aliphatic carbocycles. The minimum absolute atomic E-state index is 0.154. The third-order valence-electron chi connectivity index (χ3n) is 5.88. The van der Waals surface area contributed by atoms with E-state index in [9.17, 15) is 4.21 Å². The zero-order valence-corrected chi connectivity index (χ0v) is 18.2. The van der Waals surface area contributed by atoms with E-state index in [1.54, 1.807) is 0 Å². The van der Waals surface area contributed by atoms with Gasteiger partial charge in [-0.25, -0.2) is 0 Å². The van der Waals surface area contributed by atoms with Crippen LogP contribution < -0.4 is 10.6 Å². The molecule has 0 aromatic rings. The molecule has 2 aliphatic rings. The first-order valence-electron chi connectivity index (χ1n) is 10.5. The van der Waals surface area contributed by atoms with Gasteiger partial charge in [0.2, 0.25) is 0 Å². The van der Waals surface area contributed by atoms with Crippen LogP contribution in [-0.4, -0.2) is 64.3 Å². The third kappa shape index (κ3) is 6.22.